The first kappa shape index (κ1) is 25.8. The van der Waals surface area contributed by atoms with Crippen molar-refractivity contribution in [3.63, 3.8) is 0 Å². The number of fused-ring (bicyclic) bond motifs is 1. The topological polar surface area (TPSA) is 158 Å². The van der Waals surface area contributed by atoms with Crippen LogP contribution in [0.15, 0.2) is 55.1 Å². The molecule has 3 aromatic rings. The fourth-order valence-electron chi connectivity index (χ4n) is 3.94. The maximum Gasteiger partial charge on any atom is 0.432 e. The lowest BCUT2D eigenvalue weighted by atomic mass is 10.1. The number of benzene rings is 1. The van der Waals surface area contributed by atoms with Gasteiger partial charge in [0.1, 0.15) is 17.9 Å². The summed E-state index contributed by atoms with van der Waals surface area (Å²) in [5.74, 6) is -0.546. The number of hydrogen-bond acceptors (Lipinski definition) is 9. The van der Waals surface area contributed by atoms with Crippen LogP contribution in [0.1, 0.15) is 33.2 Å². The van der Waals surface area contributed by atoms with E-state index in [4.69, 9.17) is 15.1 Å². The number of anilines is 2. The molecule has 4 atom stereocenters. The van der Waals surface area contributed by atoms with Crippen molar-refractivity contribution < 1.29 is 23.6 Å². The number of para-hydroxylation sites is 1. The van der Waals surface area contributed by atoms with Crippen LogP contribution < -0.4 is 15.9 Å². The van der Waals surface area contributed by atoms with Crippen LogP contribution in [0.2, 0.25) is 0 Å². The lowest BCUT2D eigenvalue weighted by molar-refractivity contribution is -0.123. The molecule has 1 unspecified atom stereocenters. The van der Waals surface area contributed by atoms with Crippen LogP contribution >= 0.6 is 7.75 Å². The lowest BCUT2D eigenvalue weighted by Gasteiger charge is -2.31. The number of nitrogens with two attached hydrogens (primary N) is 1. The van der Waals surface area contributed by atoms with E-state index >= 15 is 0 Å². The number of amides is 1. The van der Waals surface area contributed by atoms with E-state index in [2.05, 4.69) is 20.0 Å². The average molecular weight is 516 g/mol. The van der Waals surface area contributed by atoms with Crippen molar-refractivity contribution in [1.29, 1.82) is 0 Å². The van der Waals surface area contributed by atoms with E-state index in [1.54, 1.807) is 25.4 Å². The van der Waals surface area contributed by atoms with Crippen LogP contribution in [0.3, 0.4) is 0 Å². The highest BCUT2D eigenvalue weighted by Crippen LogP contribution is 2.40. The second kappa shape index (κ2) is 10.8. The van der Waals surface area contributed by atoms with Gasteiger partial charge in [-0.15, -0.1) is 0 Å². The zero-order chi connectivity index (χ0) is 25.9. The van der Waals surface area contributed by atoms with Crippen molar-refractivity contribution >= 4 is 36.3 Å². The summed E-state index contributed by atoms with van der Waals surface area (Å²) in [5.41, 5.74) is 7.63. The Morgan fingerprint density at radius 2 is 2.00 bits per heavy atom. The van der Waals surface area contributed by atoms with Crippen molar-refractivity contribution in [2.75, 3.05) is 17.4 Å². The number of allylic oxidation sites excluding steroid dienone is 1. The molecule has 2 aromatic heterocycles. The molecular formula is C23H30N7O5P. The number of nitrogens with zero attached hydrogens (tertiary/aromatic N) is 5. The fourth-order valence-corrected chi connectivity index (χ4v) is 4.86. The molecule has 13 heteroatoms. The van der Waals surface area contributed by atoms with Crippen LogP contribution in [-0.2, 0) is 18.7 Å². The lowest BCUT2D eigenvalue weighted by Crippen LogP contribution is -2.45. The third-order valence-corrected chi connectivity index (χ3v) is 6.68. The average Bonchev–Trinajstić information content (AvgIpc) is 3.49. The molecule has 0 fully saturated rings. The van der Waals surface area contributed by atoms with Gasteiger partial charge in [-0.3, -0.25) is 19.2 Å². The van der Waals surface area contributed by atoms with Crippen molar-refractivity contribution in [3.05, 3.63) is 55.1 Å². The third kappa shape index (κ3) is 5.90. The van der Waals surface area contributed by atoms with Gasteiger partial charge in [-0.05, 0) is 39.3 Å². The number of hydrogen-bond donors (Lipinski definition) is 3. The van der Waals surface area contributed by atoms with E-state index in [0.717, 1.165) is 0 Å². The maximum atomic E-state index is 12.8. The number of rotatable bonds is 10. The second-order valence-electron chi connectivity index (χ2n) is 8.81. The Morgan fingerprint density at radius 3 is 2.72 bits per heavy atom. The number of nitrogen functional groups attached to an aromatic ring is 1. The molecule has 0 aliphatic heterocycles. The number of carbonyl (C=O) groups is 1. The Kier molecular flexibility index (Phi) is 7.70. The van der Waals surface area contributed by atoms with Gasteiger partial charge >= 0.3 is 7.75 Å². The normalized spacial score (nSPS) is 19.9. The quantitative estimate of drug-likeness (QED) is 0.208. The molecule has 0 saturated carbocycles. The molecule has 0 spiro atoms. The zero-order valence-electron chi connectivity index (χ0n) is 20.3. The molecule has 0 bridgehead atoms. The molecule has 0 radical (unpaired) electrons. The summed E-state index contributed by atoms with van der Waals surface area (Å²) < 4.78 is 19.8. The summed E-state index contributed by atoms with van der Waals surface area (Å²) in [4.78, 5) is 41.4. The van der Waals surface area contributed by atoms with Crippen LogP contribution in [-0.4, -0.2) is 49.1 Å². The van der Waals surface area contributed by atoms with Gasteiger partial charge in [0.2, 0.25) is 0 Å². The van der Waals surface area contributed by atoms with E-state index < -0.39 is 19.7 Å². The van der Waals surface area contributed by atoms with Crippen LogP contribution in [0.4, 0.5) is 11.5 Å². The second-order valence-corrected chi connectivity index (χ2v) is 10.3. The first-order valence-corrected chi connectivity index (χ1v) is 13.1. The first-order chi connectivity index (χ1) is 17.1. The smallest absolute Gasteiger partial charge is 0.382 e. The van der Waals surface area contributed by atoms with Crippen molar-refractivity contribution in [2.24, 2.45) is 5.92 Å². The van der Waals surface area contributed by atoms with E-state index in [-0.39, 0.29) is 24.7 Å². The Morgan fingerprint density at radius 1 is 1.25 bits per heavy atom. The van der Waals surface area contributed by atoms with Crippen molar-refractivity contribution in [2.45, 2.75) is 45.4 Å². The predicted octanol–water partition coefficient (Wildman–Crippen LogP) is 2.99. The number of hydroxylamine groups is 1. The van der Waals surface area contributed by atoms with Gasteiger partial charge in [0.05, 0.1) is 30.8 Å². The minimum absolute atomic E-state index is 0.0515. The summed E-state index contributed by atoms with van der Waals surface area (Å²) in [6, 6.07) is 8.08. The Hall–Kier alpha value is -3.31. The highest BCUT2D eigenvalue weighted by molar-refractivity contribution is 7.51. The van der Waals surface area contributed by atoms with Gasteiger partial charge in [-0.2, -0.15) is 0 Å². The SMILES string of the molecule is CC(C)ON(c1ccccc1)[C@@H](C)C(=O)NP(=O)(O)OC[C@H]1C=C[C@@H](n2cnc3c(N)ncnc32)C1. The molecule has 4 rings (SSSR count). The molecule has 0 saturated heterocycles. The van der Waals surface area contributed by atoms with Crippen molar-refractivity contribution in [1.82, 2.24) is 24.6 Å². The van der Waals surface area contributed by atoms with Crippen LogP contribution in [0.5, 0.6) is 0 Å². The highest BCUT2D eigenvalue weighted by Gasteiger charge is 2.32. The van der Waals surface area contributed by atoms with Gasteiger partial charge in [0, 0.05) is 5.92 Å². The molecule has 1 aliphatic rings. The summed E-state index contributed by atoms with van der Waals surface area (Å²) in [6.07, 6.45) is 7.27. The number of nitrogens with one attached hydrogen (secondary N) is 1. The van der Waals surface area contributed by atoms with Crippen LogP contribution in [0.25, 0.3) is 11.2 Å². The van der Waals surface area contributed by atoms with Gasteiger partial charge < -0.3 is 15.2 Å². The summed E-state index contributed by atoms with van der Waals surface area (Å²) in [6.45, 7) is 5.19. The first-order valence-electron chi connectivity index (χ1n) is 11.6. The fraction of sp³-hybridized carbons (Fsp3) is 0.391. The van der Waals surface area contributed by atoms with Gasteiger partial charge in [0.15, 0.2) is 11.5 Å². The zero-order valence-corrected chi connectivity index (χ0v) is 21.2. The van der Waals surface area contributed by atoms with E-state index in [1.165, 1.54) is 11.4 Å². The minimum atomic E-state index is -4.42. The van der Waals surface area contributed by atoms with Crippen molar-refractivity contribution in [3.8, 4) is 0 Å². The number of imidazole rings is 1. The number of carbonyl (C=O) groups excluding carboxylic acids is 1. The summed E-state index contributed by atoms with van der Waals surface area (Å²) in [5, 5.41) is 3.54. The summed E-state index contributed by atoms with van der Waals surface area (Å²) >= 11 is 0. The van der Waals surface area contributed by atoms with Crippen LogP contribution in [0, 0.1) is 5.92 Å². The van der Waals surface area contributed by atoms with E-state index in [1.807, 2.05) is 48.8 Å². The minimum Gasteiger partial charge on any atom is -0.382 e. The monoisotopic (exact) mass is 515 g/mol. The van der Waals surface area contributed by atoms with E-state index in [0.29, 0.717) is 29.1 Å². The maximum absolute atomic E-state index is 12.8. The molecule has 192 valence electrons. The largest absolute Gasteiger partial charge is 0.432 e. The highest BCUT2D eigenvalue weighted by atomic mass is 31.2. The molecule has 1 amide bonds. The molecule has 36 heavy (non-hydrogen) atoms. The van der Waals surface area contributed by atoms with Gasteiger partial charge in [0.25, 0.3) is 5.91 Å². The third-order valence-electron chi connectivity index (χ3n) is 5.68. The molecular weight excluding hydrogens is 485 g/mol. The molecule has 12 nitrogen and oxygen atoms in total. The predicted molar refractivity (Wildman–Crippen MR) is 135 cm³/mol. The standard InChI is InChI=1S/C23H30N7O5P/c1-15(2)35-30(18-7-5-4-6-8-18)16(3)23(31)28-36(32,33)34-12-17-9-10-19(11-17)29-14-27-20-21(24)25-13-26-22(20)29/h4-10,13-17,19H,11-12H2,1-3H3,(H2,24,25,26)(H2,28,31,32,33)/t16-,17-,19+/m0/s1. The van der Waals surface area contributed by atoms with Gasteiger partial charge in [-0.25, -0.2) is 24.6 Å². The molecule has 4 N–H and O–H groups in total. The molecule has 1 aromatic carbocycles. The summed E-state index contributed by atoms with van der Waals surface area (Å²) in [7, 11) is -4.42. The molecule has 1 aliphatic carbocycles. The Bertz CT molecular complexity index is 1280. The Labute approximate surface area is 208 Å². The van der Waals surface area contributed by atoms with E-state index in [9.17, 15) is 14.3 Å². The Balaban J connectivity index is 1.34. The van der Waals surface area contributed by atoms with Gasteiger partial charge in [-0.1, -0.05) is 30.4 Å². The number of aromatic nitrogens is 4. The molecule has 2 heterocycles.